The van der Waals surface area contributed by atoms with E-state index in [0.717, 1.165) is 19.4 Å². The highest BCUT2D eigenvalue weighted by Crippen LogP contribution is 2.33. The molecule has 0 aliphatic carbocycles. The van der Waals surface area contributed by atoms with Crippen molar-refractivity contribution in [3.8, 4) is 0 Å². The van der Waals surface area contributed by atoms with Crippen LogP contribution in [0.1, 0.15) is 25.0 Å². The van der Waals surface area contributed by atoms with Crippen molar-refractivity contribution >= 4 is 11.9 Å². The molecule has 2 fully saturated rings. The van der Waals surface area contributed by atoms with Crippen LogP contribution in [0.5, 0.6) is 0 Å². The van der Waals surface area contributed by atoms with Crippen LogP contribution in [0.15, 0.2) is 35.2 Å². The molecular weight excluding hydrogens is 327 g/mol. The molecule has 2 aliphatic heterocycles. The number of carbonyl (C=O) groups excluding carboxylic acids is 1. The molecule has 2 aliphatic rings. The minimum Gasteiger partial charge on any atom is -0.467 e. The van der Waals surface area contributed by atoms with Crippen molar-refractivity contribution in [3.05, 3.63) is 42.4 Å². The van der Waals surface area contributed by atoms with Crippen LogP contribution >= 0.6 is 0 Å². The molecule has 2 aromatic rings. The summed E-state index contributed by atoms with van der Waals surface area (Å²) < 4.78 is 24.2. The lowest BCUT2D eigenvalue weighted by Gasteiger charge is -2.35. The van der Waals surface area contributed by atoms with Crippen LogP contribution in [0.3, 0.4) is 0 Å². The summed E-state index contributed by atoms with van der Waals surface area (Å²) in [6.45, 7) is 1.09. The molecule has 0 saturated carbocycles. The zero-order valence-corrected chi connectivity index (χ0v) is 13.6. The van der Waals surface area contributed by atoms with Crippen LogP contribution in [-0.4, -0.2) is 40.7 Å². The molecule has 0 unspecified atom stereocenters. The van der Waals surface area contributed by atoms with E-state index in [0.29, 0.717) is 24.7 Å². The van der Waals surface area contributed by atoms with Gasteiger partial charge in [0.05, 0.1) is 37.3 Å². The van der Waals surface area contributed by atoms with Gasteiger partial charge in [-0.2, -0.15) is 0 Å². The van der Waals surface area contributed by atoms with Crippen LogP contribution < -0.4 is 10.2 Å². The van der Waals surface area contributed by atoms with Crippen LogP contribution in [0.2, 0.25) is 0 Å². The predicted molar refractivity (Wildman–Crippen MR) is 86.2 cm³/mol. The maximum Gasteiger partial charge on any atom is 0.249 e. The first-order chi connectivity index (χ1) is 12.2. The van der Waals surface area contributed by atoms with Gasteiger partial charge in [-0.05, 0) is 31.4 Å². The summed E-state index contributed by atoms with van der Waals surface area (Å²) in [7, 11) is 0. The van der Waals surface area contributed by atoms with E-state index in [1.165, 1.54) is 12.4 Å². The summed E-state index contributed by atoms with van der Waals surface area (Å²) in [5.74, 6) is 0.653. The van der Waals surface area contributed by atoms with E-state index in [1.807, 2.05) is 11.0 Å². The zero-order valence-electron chi connectivity index (χ0n) is 13.6. The molecule has 4 rings (SSSR count). The molecule has 25 heavy (non-hydrogen) atoms. The number of rotatable bonds is 4. The minimum atomic E-state index is -0.453. The number of hydrogen-bond donors (Lipinski definition) is 1. The highest BCUT2D eigenvalue weighted by atomic mass is 19.1. The number of ether oxygens (including phenoxy) is 1. The summed E-state index contributed by atoms with van der Waals surface area (Å²) in [5.41, 5.74) is 0. The van der Waals surface area contributed by atoms with E-state index in [9.17, 15) is 9.18 Å². The molecule has 1 amide bonds. The van der Waals surface area contributed by atoms with Crippen molar-refractivity contribution in [2.75, 3.05) is 11.4 Å². The van der Waals surface area contributed by atoms with Gasteiger partial charge < -0.3 is 19.4 Å². The third-order valence-electron chi connectivity index (χ3n) is 4.72. The number of nitrogens with zero attached hydrogens (tertiary/aromatic N) is 3. The van der Waals surface area contributed by atoms with Gasteiger partial charge in [0.15, 0.2) is 5.82 Å². The Kier molecular flexibility index (Phi) is 4.35. The first kappa shape index (κ1) is 16.0. The number of hydrogen-bond acceptors (Lipinski definition) is 6. The monoisotopic (exact) mass is 346 g/mol. The minimum absolute atomic E-state index is 0.0400. The Morgan fingerprint density at radius 3 is 2.92 bits per heavy atom. The standard InChI is InChI=1S/C17H19FN4O3/c18-11-8-20-17(21-9-11)22-6-5-14-13(22)3-4-15(25-14)16(23)19-10-12-2-1-7-24-12/h1-2,7-9,13-15H,3-6,10H2,(H,19,23)/t13-,14-,15-/m0/s1. The Labute approximate surface area is 144 Å². The number of fused-ring (bicyclic) bond motifs is 1. The highest BCUT2D eigenvalue weighted by molar-refractivity contribution is 5.80. The van der Waals surface area contributed by atoms with Gasteiger partial charge in [0.25, 0.3) is 0 Å². The van der Waals surface area contributed by atoms with Gasteiger partial charge in [-0.3, -0.25) is 4.79 Å². The SMILES string of the molecule is O=C(NCc1ccco1)[C@@H]1CC[C@H]2[C@H](CCN2c2ncc(F)cn2)O1. The molecule has 2 saturated heterocycles. The third kappa shape index (κ3) is 3.34. The first-order valence-electron chi connectivity index (χ1n) is 8.40. The number of amides is 1. The smallest absolute Gasteiger partial charge is 0.249 e. The first-order valence-corrected chi connectivity index (χ1v) is 8.40. The number of anilines is 1. The number of nitrogens with one attached hydrogen (secondary N) is 1. The third-order valence-corrected chi connectivity index (χ3v) is 4.72. The second-order valence-corrected chi connectivity index (χ2v) is 6.29. The number of halogens is 1. The summed E-state index contributed by atoms with van der Waals surface area (Å²) >= 11 is 0. The van der Waals surface area contributed by atoms with Crippen molar-refractivity contribution in [2.24, 2.45) is 0 Å². The Morgan fingerprint density at radius 1 is 1.32 bits per heavy atom. The van der Waals surface area contributed by atoms with Crippen LogP contribution in [0.4, 0.5) is 10.3 Å². The molecular formula is C17H19FN4O3. The maximum absolute atomic E-state index is 13.0. The van der Waals surface area contributed by atoms with E-state index in [-0.39, 0.29) is 18.1 Å². The number of carbonyl (C=O) groups is 1. The average molecular weight is 346 g/mol. The zero-order chi connectivity index (χ0) is 17.2. The lowest BCUT2D eigenvalue weighted by molar-refractivity contribution is -0.141. The molecule has 0 bridgehead atoms. The van der Waals surface area contributed by atoms with Gasteiger partial charge in [0.1, 0.15) is 11.9 Å². The summed E-state index contributed by atoms with van der Waals surface area (Å²) in [6, 6.07) is 3.73. The Bertz CT molecular complexity index is 722. The predicted octanol–water partition coefficient (Wildman–Crippen LogP) is 1.65. The van der Waals surface area contributed by atoms with E-state index in [2.05, 4.69) is 15.3 Å². The molecule has 2 aromatic heterocycles. The Hall–Kier alpha value is -2.48. The van der Waals surface area contributed by atoms with Crippen LogP contribution in [0.25, 0.3) is 0 Å². The fourth-order valence-corrected chi connectivity index (χ4v) is 3.52. The van der Waals surface area contributed by atoms with E-state index < -0.39 is 11.9 Å². The van der Waals surface area contributed by atoms with Crippen molar-refractivity contribution in [1.82, 2.24) is 15.3 Å². The fourth-order valence-electron chi connectivity index (χ4n) is 3.52. The fraction of sp³-hybridized carbons (Fsp3) is 0.471. The van der Waals surface area contributed by atoms with Gasteiger partial charge in [-0.1, -0.05) is 0 Å². The largest absolute Gasteiger partial charge is 0.467 e. The topological polar surface area (TPSA) is 80.5 Å². The Morgan fingerprint density at radius 2 is 2.16 bits per heavy atom. The molecule has 3 atom stereocenters. The maximum atomic E-state index is 13.0. The second kappa shape index (κ2) is 6.79. The van der Waals surface area contributed by atoms with Crippen molar-refractivity contribution in [3.63, 3.8) is 0 Å². The summed E-state index contributed by atoms with van der Waals surface area (Å²) in [6.07, 6.45) is 5.66. The van der Waals surface area contributed by atoms with Crippen molar-refractivity contribution < 1.29 is 18.3 Å². The van der Waals surface area contributed by atoms with Gasteiger partial charge in [-0.25, -0.2) is 14.4 Å². The van der Waals surface area contributed by atoms with E-state index in [1.54, 1.807) is 12.3 Å². The number of furan rings is 1. The normalized spacial score (nSPS) is 25.6. The molecule has 1 N–H and O–H groups in total. The molecule has 7 nitrogen and oxygen atoms in total. The van der Waals surface area contributed by atoms with Gasteiger partial charge in [-0.15, -0.1) is 0 Å². The molecule has 0 spiro atoms. The average Bonchev–Trinajstić information content (AvgIpc) is 3.29. The van der Waals surface area contributed by atoms with Crippen LogP contribution in [0, 0.1) is 5.82 Å². The summed E-state index contributed by atoms with van der Waals surface area (Å²) in [5, 5.41) is 2.85. The van der Waals surface area contributed by atoms with Crippen molar-refractivity contribution in [2.45, 2.75) is 44.1 Å². The molecule has 0 radical (unpaired) electrons. The molecule has 0 aromatic carbocycles. The quantitative estimate of drug-likeness (QED) is 0.907. The highest BCUT2D eigenvalue weighted by Gasteiger charge is 2.42. The van der Waals surface area contributed by atoms with E-state index >= 15 is 0 Å². The van der Waals surface area contributed by atoms with Crippen molar-refractivity contribution in [1.29, 1.82) is 0 Å². The number of aromatic nitrogens is 2. The van der Waals surface area contributed by atoms with Gasteiger partial charge in [0, 0.05) is 6.54 Å². The van der Waals surface area contributed by atoms with Crippen LogP contribution in [-0.2, 0) is 16.1 Å². The summed E-state index contributed by atoms with van der Waals surface area (Å²) in [4.78, 5) is 22.5. The Balaban J connectivity index is 1.35. The van der Waals surface area contributed by atoms with E-state index in [4.69, 9.17) is 9.15 Å². The molecule has 4 heterocycles. The van der Waals surface area contributed by atoms with Gasteiger partial charge in [0.2, 0.25) is 11.9 Å². The lowest BCUT2D eigenvalue weighted by Crippen LogP contribution is -2.48. The lowest BCUT2D eigenvalue weighted by atomic mass is 9.98. The second-order valence-electron chi connectivity index (χ2n) is 6.29. The molecule has 8 heteroatoms. The van der Waals surface area contributed by atoms with Gasteiger partial charge >= 0.3 is 0 Å². The molecule has 132 valence electrons.